The van der Waals surface area contributed by atoms with Gasteiger partial charge < -0.3 is 11.1 Å². The van der Waals surface area contributed by atoms with E-state index in [-0.39, 0.29) is 5.91 Å². The molecule has 4 heteroatoms. The lowest BCUT2D eigenvalue weighted by atomic mass is 10.1. The number of pyridine rings is 1. The first-order chi connectivity index (χ1) is 8.79. The molecule has 3 N–H and O–H groups in total. The molecular formula is C14H15N3O. The molecule has 0 saturated heterocycles. The molecule has 0 aliphatic heterocycles. The van der Waals surface area contributed by atoms with Crippen LogP contribution in [0, 0.1) is 0 Å². The van der Waals surface area contributed by atoms with Crippen LogP contribution in [-0.4, -0.2) is 10.9 Å². The van der Waals surface area contributed by atoms with Gasteiger partial charge in [0, 0.05) is 31.0 Å². The van der Waals surface area contributed by atoms with E-state index in [4.69, 9.17) is 5.73 Å². The number of carbonyl (C=O) groups excluding carboxylic acids is 1. The van der Waals surface area contributed by atoms with Gasteiger partial charge in [0.1, 0.15) is 0 Å². The fourth-order valence-electron chi connectivity index (χ4n) is 1.58. The van der Waals surface area contributed by atoms with Gasteiger partial charge in [-0.2, -0.15) is 0 Å². The van der Waals surface area contributed by atoms with Gasteiger partial charge in [0.25, 0.3) is 5.91 Å². The van der Waals surface area contributed by atoms with Gasteiger partial charge in [0.15, 0.2) is 0 Å². The third kappa shape index (κ3) is 3.15. The highest BCUT2D eigenvalue weighted by Gasteiger charge is 2.03. The Morgan fingerprint density at radius 3 is 2.28 bits per heavy atom. The fourth-order valence-corrected chi connectivity index (χ4v) is 1.58. The van der Waals surface area contributed by atoms with Crippen molar-refractivity contribution in [3.63, 3.8) is 0 Å². The molecule has 2 rings (SSSR count). The number of carbonyl (C=O) groups is 1. The third-order valence-corrected chi connectivity index (χ3v) is 2.65. The van der Waals surface area contributed by atoms with Gasteiger partial charge in [0.2, 0.25) is 0 Å². The molecule has 0 fully saturated rings. The first-order valence-corrected chi connectivity index (χ1v) is 5.75. The van der Waals surface area contributed by atoms with Crippen molar-refractivity contribution in [2.45, 2.75) is 13.1 Å². The average molecular weight is 241 g/mol. The quantitative estimate of drug-likeness (QED) is 0.851. The van der Waals surface area contributed by atoms with Crippen LogP contribution < -0.4 is 11.1 Å². The van der Waals surface area contributed by atoms with E-state index in [1.807, 2.05) is 24.3 Å². The Hall–Kier alpha value is -2.20. The van der Waals surface area contributed by atoms with Crippen molar-refractivity contribution < 1.29 is 4.79 Å². The van der Waals surface area contributed by atoms with Crippen molar-refractivity contribution in [2.24, 2.45) is 5.73 Å². The number of nitrogens with one attached hydrogen (secondary N) is 1. The van der Waals surface area contributed by atoms with Crippen molar-refractivity contribution >= 4 is 5.91 Å². The molecule has 0 bridgehead atoms. The molecule has 1 aromatic heterocycles. The average Bonchev–Trinajstić information content (AvgIpc) is 2.46. The van der Waals surface area contributed by atoms with Gasteiger partial charge in [0.05, 0.1) is 0 Å². The van der Waals surface area contributed by atoms with Crippen LogP contribution in [0.3, 0.4) is 0 Å². The number of amides is 1. The molecule has 2 aromatic rings. The number of aromatic nitrogens is 1. The Labute approximate surface area is 106 Å². The monoisotopic (exact) mass is 241 g/mol. The highest BCUT2D eigenvalue weighted by molar-refractivity contribution is 5.93. The molecule has 1 amide bonds. The fraction of sp³-hybridized carbons (Fsp3) is 0.143. The van der Waals surface area contributed by atoms with Gasteiger partial charge in [-0.1, -0.05) is 24.3 Å². The lowest BCUT2D eigenvalue weighted by Gasteiger charge is -2.06. The lowest BCUT2D eigenvalue weighted by molar-refractivity contribution is 0.0951. The van der Waals surface area contributed by atoms with E-state index in [0.29, 0.717) is 18.7 Å². The van der Waals surface area contributed by atoms with E-state index >= 15 is 0 Å². The van der Waals surface area contributed by atoms with E-state index in [9.17, 15) is 4.79 Å². The maximum atomic E-state index is 11.8. The summed E-state index contributed by atoms with van der Waals surface area (Å²) in [7, 11) is 0. The largest absolute Gasteiger partial charge is 0.348 e. The summed E-state index contributed by atoms with van der Waals surface area (Å²) in [4.78, 5) is 15.7. The minimum Gasteiger partial charge on any atom is -0.348 e. The summed E-state index contributed by atoms with van der Waals surface area (Å²) < 4.78 is 0. The summed E-state index contributed by atoms with van der Waals surface area (Å²) in [5.74, 6) is -0.0969. The second-order valence-corrected chi connectivity index (χ2v) is 3.94. The SMILES string of the molecule is NCc1ccc(CNC(=O)c2ccncc2)cc1. The summed E-state index contributed by atoms with van der Waals surface area (Å²) in [5, 5.41) is 2.85. The topological polar surface area (TPSA) is 68.0 Å². The number of nitrogens with two attached hydrogens (primary N) is 1. The zero-order valence-electron chi connectivity index (χ0n) is 9.97. The van der Waals surface area contributed by atoms with Crippen molar-refractivity contribution in [1.82, 2.24) is 10.3 Å². The summed E-state index contributed by atoms with van der Waals surface area (Å²) in [6.07, 6.45) is 3.20. The van der Waals surface area contributed by atoms with Crippen LogP contribution >= 0.6 is 0 Å². The maximum Gasteiger partial charge on any atom is 0.251 e. The van der Waals surface area contributed by atoms with Crippen molar-refractivity contribution in [3.05, 3.63) is 65.5 Å². The normalized spacial score (nSPS) is 10.1. The molecule has 1 heterocycles. The summed E-state index contributed by atoms with van der Waals surface area (Å²) in [6.45, 7) is 1.04. The molecule has 92 valence electrons. The summed E-state index contributed by atoms with van der Waals surface area (Å²) in [6, 6.07) is 11.2. The Morgan fingerprint density at radius 1 is 1.06 bits per heavy atom. The molecule has 0 saturated carbocycles. The van der Waals surface area contributed by atoms with Crippen LogP contribution in [0.1, 0.15) is 21.5 Å². The van der Waals surface area contributed by atoms with E-state index in [0.717, 1.165) is 11.1 Å². The Kier molecular flexibility index (Phi) is 4.04. The third-order valence-electron chi connectivity index (χ3n) is 2.65. The molecule has 0 unspecified atom stereocenters. The van der Waals surface area contributed by atoms with Crippen LogP contribution in [-0.2, 0) is 13.1 Å². The second-order valence-electron chi connectivity index (χ2n) is 3.94. The van der Waals surface area contributed by atoms with E-state index in [1.54, 1.807) is 24.5 Å². The van der Waals surface area contributed by atoms with Crippen LogP contribution in [0.2, 0.25) is 0 Å². The summed E-state index contributed by atoms with van der Waals surface area (Å²) >= 11 is 0. The van der Waals surface area contributed by atoms with Gasteiger partial charge in [-0.15, -0.1) is 0 Å². The highest BCUT2D eigenvalue weighted by atomic mass is 16.1. The molecule has 0 aliphatic rings. The first kappa shape index (κ1) is 12.3. The van der Waals surface area contributed by atoms with Gasteiger partial charge in [-0.05, 0) is 23.3 Å². The lowest BCUT2D eigenvalue weighted by Crippen LogP contribution is -2.22. The molecule has 1 aromatic carbocycles. The maximum absolute atomic E-state index is 11.8. The molecular weight excluding hydrogens is 226 g/mol. The number of benzene rings is 1. The van der Waals surface area contributed by atoms with Crippen molar-refractivity contribution in [3.8, 4) is 0 Å². The number of nitrogens with zero attached hydrogens (tertiary/aromatic N) is 1. The minimum atomic E-state index is -0.0969. The van der Waals surface area contributed by atoms with Crippen LogP contribution in [0.25, 0.3) is 0 Å². The van der Waals surface area contributed by atoms with E-state index in [2.05, 4.69) is 10.3 Å². The Balaban J connectivity index is 1.93. The zero-order chi connectivity index (χ0) is 12.8. The smallest absolute Gasteiger partial charge is 0.251 e. The predicted octanol–water partition coefficient (Wildman–Crippen LogP) is 1.47. The predicted molar refractivity (Wildman–Crippen MR) is 69.7 cm³/mol. The number of hydrogen-bond donors (Lipinski definition) is 2. The molecule has 0 radical (unpaired) electrons. The number of rotatable bonds is 4. The first-order valence-electron chi connectivity index (χ1n) is 5.75. The van der Waals surface area contributed by atoms with Gasteiger partial charge in [-0.3, -0.25) is 9.78 Å². The van der Waals surface area contributed by atoms with Gasteiger partial charge in [-0.25, -0.2) is 0 Å². The van der Waals surface area contributed by atoms with E-state index < -0.39 is 0 Å². The Morgan fingerprint density at radius 2 is 1.67 bits per heavy atom. The Bertz CT molecular complexity index is 508. The van der Waals surface area contributed by atoms with E-state index in [1.165, 1.54) is 0 Å². The molecule has 18 heavy (non-hydrogen) atoms. The van der Waals surface area contributed by atoms with Crippen LogP contribution in [0.15, 0.2) is 48.8 Å². The zero-order valence-corrected chi connectivity index (χ0v) is 9.97. The highest BCUT2D eigenvalue weighted by Crippen LogP contribution is 2.04. The second kappa shape index (κ2) is 5.93. The van der Waals surface area contributed by atoms with Crippen molar-refractivity contribution in [1.29, 1.82) is 0 Å². The van der Waals surface area contributed by atoms with Crippen molar-refractivity contribution in [2.75, 3.05) is 0 Å². The number of hydrogen-bond acceptors (Lipinski definition) is 3. The van der Waals surface area contributed by atoms with Crippen LogP contribution in [0.4, 0.5) is 0 Å². The molecule has 4 nitrogen and oxygen atoms in total. The van der Waals surface area contributed by atoms with Gasteiger partial charge >= 0.3 is 0 Å². The summed E-state index contributed by atoms with van der Waals surface area (Å²) in [5.41, 5.74) is 8.27. The molecule has 0 spiro atoms. The molecule has 0 aliphatic carbocycles. The van der Waals surface area contributed by atoms with Crippen LogP contribution in [0.5, 0.6) is 0 Å². The standard InChI is InChI=1S/C14H15N3O/c15-9-11-1-3-12(4-2-11)10-17-14(18)13-5-7-16-8-6-13/h1-8H,9-10,15H2,(H,17,18). The molecule has 0 atom stereocenters. The minimum absolute atomic E-state index is 0.0969.